The van der Waals surface area contributed by atoms with E-state index in [0.29, 0.717) is 18.7 Å². The Morgan fingerprint density at radius 1 is 1.69 bits per heavy atom. The Bertz CT molecular complexity index is 180. The fourth-order valence-electron chi connectivity index (χ4n) is 1.87. The molecule has 0 saturated carbocycles. The van der Waals surface area contributed by atoms with Gasteiger partial charge < -0.3 is 5.11 Å². The first-order chi connectivity index (χ1) is 6.13. The van der Waals surface area contributed by atoms with Gasteiger partial charge in [-0.3, -0.25) is 9.69 Å². The topological polar surface area (TPSA) is 40.5 Å². The van der Waals surface area contributed by atoms with E-state index in [1.165, 1.54) is 0 Å². The van der Waals surface area contributed by atoms with E-state index in [1.54, 1.807) is 6.92 Å². The first-order valence-corrected chi connectivity index (χ1v) is 5.06. The molecule has 0 amide bonds. The molecule has 0 aromatic rings. The Morgan fingerprint density at radius 3 is 2.92 bits per heavy atom. The molecule has 3 heteroatoms. The van der Waals surface area contributed by atoms with Gasteiger partial charge in [-0.05, 0) is 13.3 Å². The molecule has 13 heavy (non-hydrogen) atoms. The lowest BCUT2D eigenvalue weighted by Gasteiger charge is -2.31. The molecule has 1 heterocycles. The highest BCUT2D eigenvalue weighted by Gasteiger charge is 2.25. The average molecular weight is 185 g/mol. The number of ketones is 1. The molecule has 0 aliphatic carbocycles. The summed E-state index contributed by atoms with van der Waals surface area (Å²) in [4.78, 5) is 13.5. The van der Waals surface area contributed by atoms with Crippen molar-refractivity contribution in [2.45, 2.75) is 32.8 Å². The van der Waals surface area contributed by atoms with Gasteiger partial charge in [0.05, 0.1) is 6.10 Å². The monoisotopic (exact) mass is 185 g/mol. The molecular weight excluding hydrogens is 166 g/mol. The summed E-state index contributed by atoms with van der Waals surface area (Å²) < 4.78 is 0. The molecule has 1 aliphatic rings. The minimum Gasteiger partial charge on any atom is -0.392 e. The van der Waals surface area contributed by atoms with Crippen molar-refractivity contribution in [1.82, 2.24) is 4.90 Å². The van der Waals surface area contributed by atoms with E-state index in [4.69, 9.17) is 0 Å². The van der Waals surface area contributed by atoms with Crippen LogP contribution in [0.4, 0.5) is 0 Å². The van der Waals surface area contributed by atoms with Crippen molar-refractivity contribution in [2.24, 2.45) is 5.92 Å². The lowest BCUT2D eigenvalue weighted by Crippen LogP contribution is -2.43. The van der Waals surface area contributed by atoms with Crippen LogP contribution in [0.15, 0.2) is 0 Å². The zero-order valence-corrected chi connectivity index (χ0v) is 8.49. The molecule has 1 saturated heterocycles. The van der Waals surface area contributed by atoms with E-state index in [9.17, 15) is 9.90 Å². The summed E-state index contributed by atoms with van der Waals surface area (Å²) in [6.45, 7) is 6.19. The van der Waals surface area contributed by atoms with Gasteiger partial charge >= 0.3 is 0 Å². The van der Waals surface area contributed by atoms with Gasteiger partial charge in [0, 0.05) is 32.0 Å². The first kappa shape index (κ1) is 10.7. The summed E-state index contributed by atoms with van der Waals surface area (Å²) in [5, 5.41) is 9.20. The third kappa shape index (κ3) is 3.08. The summed E-state index contributed by atoms with van der Waals surface area (Å²) in [6.07, 6.45) is 1.30. The maximum absolute atomic E-state index is 11.4. The Balaban J connectivity index is 2.40. The van der Waals surface area contributed by atoms with Gasteiger partial charge in [-0.15, -0.1) is 0 Å². The van der Waals surface area contributed by atoms with Gasteiger partial charge in [-0.25, -0.2) is 0 Å². The third-order valence-electron chi connectivity index (χ3n) is 2.62. The van der Waals surface area contributed by atoms with Crippen molar-refractivity contribution >= 4 is 5.78 Å². The molecule has 0 radical (unpaired) electrons. The Hall–Kier alpha value is -0.410. The number of rotatable bonds is 3. The predicted molar refractivity (Wildman–Crippen MR) is 51.5 cm³/mol. The van der Waals surface area contributed by atoms with Crippen LogP contribution in [0, 0.1) is 5.92 Å². The van der Waals surface area contributed by atoms with E-state index in [-0.39, 0.29) is 12.0 Å². The number of aliphatic hydroxyl groups is 1. The summed E-state index contributed by atoms with van der Waals surface area (Å²) in [6, 6.07) is 0. The predicted octanol–water partition coefficient (Wildman–Crippen LogP) is 0.668. The fraction of sp³-hybridized carbons (Fsp3) is 0.900. The molecule has 2 atom stereocenters. The van der Waals surface area contributed by atoms with Crippen LogP contribution in [0.5, 0.6) is 0 Å². The van der Waals surface area contributed by atoms with E-state index in [1.807, 2.05) is 0 Å². The molecule has 0 aromatic heterocycles. The van der Waals surface area contributed by atoms with Crippen LogP contribution in [0.1, 0.15) is 26.7 Å². The first-order valence-electron chi connectivity index (χ1n) is 5.06. The Labute approximate surface area is 79.7 Å². The summed E-state index contributed by atoms with van der Waals surface area (Å²) in [5.41, 5.74) is 0. The van der Waals surface area contributed by atoms with Gasteiger partial charge in [0.1, 0.15) is 5.78 Å². The number of Topliss-reactive ketones (excluding diaryl/α,β-unsaturated/α-hetero) is 1. The second-order valence-corrected chi connectivity index (χ2v) is 3.93. The SMILES string of the molecule is CCC1CN(CC(C)O)CCC1=O. The second kappa shape index (κ2) is 4.72. The number of β-amino-alcohol motifs (C(OH)–C–C–N with tert-alkyl or cyclic N) is 1. The number of carbonyl (C=O) groups is 1. The quantitative estimate of drug-likeness (QED) is 0.702. The summed E-state index contributed by atoms with van der Waals surface area (Å²) in [5.74, 6) is 0.594. The maximum Gasteiger partial charge on any atom is 0.138 e. The average Bonchev–Trinajstić information content (AvgIpc) is 2.07. The highest BCUT2D eigenvalue weighted by atomic mass is 16.3. The molecule has 0 aromatic carbocycles. The van der Waals surface area contributed by atoms with Crippen molar-refractivity contribution in [2.75, 3.05) is 19.6 Å². The van der Waals surface area contributed by atoms with Gasteiger partial charge in [-0.2, -0.15) is 0 Å². The number of aliphatic hydroxyl groups excluding tert-OH is 1. The molecule has 1 N–H and O–H groups in total. The minimum atomic E-state index is -0.286. The third-order valence-corrected chi connectivity index (χ3v) is 2.62. The van der Waals surface area contributed by atoms with Crippen LogP contribution in [0.25, 0.3) is 0 Å². The Kier molecular flexibility index (Phi) is 3.88. The molecule has 2 unspecified atom stereocenters. The summed E-state index contributed by atoms with van der Waals surface area (Å²) >= 11 is 0. The van der Waals surface area contributed by atoms with Crippen molar-refractivity contribution in [3.05, 3.63) is 0 Å². The second-order valence-electron chi connectivity index (χ2n) is 3.93. The van der Waals surface area contributed by atoms with Crippen molar-refractivity contribution in [3.63, 3.8) is 0 Å². The number of carbonyl (C=O) groups excluding carboxylic acids is 1. The Morgan fingerprint density at radius 2 is 2.38 bits per heavy atom. The van der Waals surface area contributed by atoms with Crippen molar-refractivity contribution in [1.29, 1.82) is 0 Å². The highest BCUT2D eigenvalue weighted by molar-refractivity contribution is 5.82. The molecular formula is C10H19NO2. The molecule has 1 aliphatic heterocycles. The molecule has 76 valence electrons. The van der Waals surface area contributed by atoms with Crippen molar-refractivity contribution in [3.8, 4) is 0 Å². The highest BCUT2D eigenvalue weighted by Crippen LogP contribution is 2.15. The fourth-order valence-corrected chi connectivity index (χ4v) is 1.87. The molecule has 0 bridgehead atoms. The van der Waals surface area contributed by atoms with Gasteiger partial charge in [0.2, 0.25) is 0 Å². The summed E-state index contributed by atoms with van der Waals surface area (Å²) in [7, 11) is 0. The van der Waals surface area contributed by atoms with E-state index in [2.05, 4.69) is 11.8 Å². The zero-order chi connectivity index (χ0) is 9.84. The van der Waals surface area contributed by atoms with Crippen LogP contribution in [-0.4, -0.2) is 41.5 Å². The van der Waals surface area contributed by atoms with E-state index < -0.39 is 0 Å². The van der Waals surface area contributed by atoms with Crippen LogP contribution in [0.3, 0.4) is 0 Å². The smallest absolute Gasteiger partial charge is 0.138 e. The van der Waals surface area contributed by atoms with Crippen molar-refractivity contribution < 1.29 is 9.90 Å². The lowest BCUT2D eigenvalue weighted by molar-refractivity contribution is -0.126. The standard InChI is InChI=1S/C10H19NO2/c1-3-9-7-11(6-8(2)12)5-4-10(9)13/h8-9,12H,3-7H2,1-2H3. The lowest BCUT2D eigenvalue weighted by atomic mass is 9.94. The molecule has 3 nitrogen and oxygen atoms in total. The molecule has 1 fully saturated rings. The number of likely N-dealkylation sites (tertiary alicyclic amines) is 1. The molecule has 0 spiro atoms. The van der Waals surface area contributed by atoms with E-state index >= 15 is 0 Å². The van der Waals surface area contributed by atoms with Gasteiger partial charge in [-0.1, -0.05) is 6.92 Å². The number of hydrogen-bond acceptors (Lipinski definition) is 3. The number of nitrogens with zero attached hydrogens (tertiary/aromatic N) is 1. The zero-order valence-electron chi connectivity index (χ0n) is 8.49. The number of piperidine rings is 1. The minimum absolute atomic E-state index is 0.201. The molecule has 1 rings (SSSR count). The van der Waals surface area contributed by atoms with Crippen LogP contribution in [-0.2, 0) is 4.79 Å². The number of hydrogen-bond donors (Lipinski definition) is 1. The normalized spacial score (nSPS) is 27.6. The largest absolute Gasteiger partial charge is 0.392 e. The van der Waals surface area contributed by atoms with Crippen LogP contribution in [0.2, 0.25) is 0 Å². The van der Waals surface area contributed by atoms with Gasteiger partial charge in [0.25, 0.3) is 0 Å². The van der Waals surface area contributed by atoms with Gasteiger partial charge in [0.15, 0.2) is 0 Å². The van der Waals surface area contributed by atoms with Crippen LogP contribution < -0.4 is 0 Å². The maximum atomic E-state index is 11.4. The van der Waals surface area contributed by atoms with E-state index in [0.717, 1.165) is 19.5 Å². The van der Waals surface area contributed by atoms with Crippen LogP contribution >= 0.6 is 0 Å².